The second-order valence-electron chi connectivity index (χ2n) is 17.7. The number of fused-ring (bicyclic) bond motifs is 5. The SMILES string of the molecule is CC(=O)O[C@H]1C(=O)[C@]2(C)[C@@H](O)CC3OC[C@@]3(OC(=O)N3CC3)[C@H]2[C@H](OC(=O)c2ccccc2)[C@]2(O)C[C@H](OC(=O)[C@H](O)[C@@H](NC(=O)c3ccccc3)c3ccco3)C(C)=C1C2(C)C. The summed E-state index contributed by atoms with van der Waals surface area (Å²) in [6.45, 7) is 7.59. The van der Waals surface area contributed by atoms with Gasteiger partial charge in [-0.1, -0.05) is 50.2 Å². The number of rotatable bonds is 10. The van der Waals surface area contributed by atoms with Crippen LogP contribution in [0.1, 0.15) is 80.0 Å². The second-order valence-corrected chi connectivity index (χ2v) is 17.7. The summed E-state index contributed by atoms with van der Waals surface area (Å²) in [5.74, 6) is -6.19. The molecule has 0 spiro atoms. The van der Waals surface area contributed by atoms with E-state index in [-0.39, 0.29) is 41.1 Å². The monoisotopic (exact) mass is 870 g/mol. The summed E-state index contributed by atoms with van der Waals surface area (Å²) in [6.07, 6.45) is -10.2. The molecule has 11 atom stereocenters. The maximum atomic E-state index is 15.6. The van der Waals surface area contributed by atoms with E-state index in [1.165, 1.54) is 61.4 Å². The van der Waals surface area contributed by atoms with Crippen LogP contribution in [0.25, 0.3) is 0 Å². The Hall–Kier alpha value is -5.88. The van der Waals surface area contributed by atoms with Gasteiger partial charge in [-0.3, -0.25) is 14.4 Å². The van der Waals surface area contributed by atoms with Crippen molar-refractivity contribution in [3.05, 3.63) is 107 Å². The number of ether oxygens (including phenoxy) is 5. The molecule has 1 unspecified atom stereocenters. The molecular formula is C46H50N2O15. The Labute approximate surface area is 362 Å². The topological polar surface area (TPSA) is 237 Å². The van der Waals surface area contributed by atoms with Gasteiger partial charge >= 0.3 is 24.0 Å². The van der Waals surface area contributed by atoms with Crippen molar-refractivity contribution in [2.75, 3.05) is 19.7 Å². The van der Waals surface area contributed by atoms with Crippen LogP contribution in [0.4, 0.5) is 4.79 Å². The van der Waals surface area contributed by atoms with E-state index >= 15 is 4.79 Å². The molecule has 3 heterocycles. The average Bonchev–Trinajstić information content (AvgIpc) is 3.97. The number of nitrogens with zero attached hydrogens (tertiary/aromatic N) is 1. The summed E-state index contributed by atoms with van der Waals surface area (Å²) < 4.78 is 36.1. The number of aliphatic hydroxyl groups excluding tert-OH is 2. The molecule has 2 aromatic carbocycles. The van der Waals surface area contributed by atoms with Gasteiger partial charge in [0, 0.05) is 43.8 Å². The van der Waals surface area contributed by atoms with Gasteiger partial charge in [-0.2, -0.15) is 0 Å². The molecule has 2 saturated carbocycles. The number of carbonyl (C=O) groups is 6. The Balaban J connectivity index is 1.27. The van der Waals surface area contributed by atoms with Gasteiger partial charge in [0.05, 0.1) is 35.9 Å². The number of esters is 3. The summed E-state index contributed by atoms with van der Waals surface area (Å²) >= 11 is 0. The Morgan fingerprint density at radius 1 is 0.905 bits per heavy atom. The lowest BCUT2D eigenvalue weighted by atomic mass is 9.44. The molecule has 334 valence electrons. The first-order chi connectivity index (χ1) is 29.8. The van der Waals surface area contributed by atoms with Crippen molar-refractivity contribution in [2.45, 2.75) is 101 Å². The number of nitrogens with one attached hydrogen (secondary N) is 1. The van der Waals surface area contributed by atoms with E-state index in [0.29, 0.717) is 13.1 Å². The highest BCUT2D eigenvalue weighted by molar-refractivity contribution is 5.96. The lowest BCUT2D eigenvalue weighted by Gasteiger charge is -2.67. The van der Waals surface area contributed by atoms with Crippen LogP contribution in [0.5, 0.6) is 0 Å². The largest absolute Gasteiger partial charge is 0.467 e. The predicted octanol–water partition coefficient (Wildman–Crippen LogP) is 3.22. The van der Waals surface area contributed by atoms with E-state index in [0.717, 1.165) is 6.92 Å². The molecule has 5 aliphatic rings. The van der Waals surface area contributed by atoms with Crippen LogP contribution in [0.2, 0.25) is 0 Å². The van der Waals surface area contributed by atoms with E-state index in [9.17, 15) is 39.3 Å². The van der Waals surface area contributed by atoms with Crippen LogP contribution >= 0.6 is 0 Å². The summed E-state index contributed by atoms with van der Waals surface area (Å²) in [5, 5.41) is 40.2. The number of carbonyl (C=O) groups excluding carboxylic acids is 6. The van der Waals surface area contributed by atoms with E-state index < -0.39 is 113 Å². The number of Topliss-reactive ketones (excluding diaryl/α,β-unsaturated/α-hetero) is 1. The van der Waals surface area contributed by atoms with Crippen LogP contribution in [0, 0.1) is 16.7 Å². The molecule has 17 heteroatoms. The smallest absolute Gasteiger partial charge is 0.410 e. The third-order valence-electron chi connectivity index (χ3n) is 13.8. The standard InChI is InChI=1S/C46H50N2O15/c1-24-29(61-41(55)34(51)33(28-17-12-20-58-28)47-39(53)26-13-8-6-9-14-26)22-46(57)38(62-40(54)27-15-10-7-11-16-27)36-44(5,37(52)35(60-25(2)49)32(24)43(46,3)4)30(50)21-31-45(36,23-59-31)63-42(56)48-18-19-48/h6-17,20,29-31,33-36,38,50-51,57H,18-19,21-23H2,1-5H3,(H,47,53)/t29-,30-,31?,33-,34+,35+,36-,38-,44+,45-,46+/m0/s1. The zero-order chi connectivity index (χ0) is 45.2. The fourth-order valence-corrected chi connectivity index (χ4v) is 10.1. The molecule has 4 fully saturated rings. The Kier molecular flexibility index (Phi) is 11.1. The maximum Gasteiger partial charge on any atom is 0.410 e. The Morgan fingerprint density at radius 2 is 1.56 bits per heavy atom. The highest BCUT2D eigenvalue weighted by Crippen LogP contribution is 2.64. The van der Waals surface area contributed by atoms with Gasteiger partial charge < -0.3 is 53.6 Å². The van der Waals surface area contributed by atoms with E-state index in [2.05, 4.69) is 5.32 Å². The Morgan fingerprint density at radius 3 is 2.13 bits per heavy atom. The minimum absolute atomic E-state index is 0.00978. The predicted molar refractivity (Wildman–Crippen MR) is 216 cm³/mol. The quantitative estimate of drug-likeness (QED) is 0.0991. The summed E-state index contributed by atoms with van der Waals surface area (Å²) in [4.78, 5) is 85.6. The van der Waals surface area contributed by atoms with Gasteiger partial charge in [-0.05, 0) is 61.4 Å². The van der Waals surface area contributed by atoms with Crippen LogP contribution in [0.15, 0.2) is 94.6 Å². The van der Waals surface area contributed by atoms with Crippen molar-refractivity contribution in [2.24, 2.45) is 16.7 Å². The fraction of sp³-hybridized carbons (Fsp3) is 0.478. The Bertz CT molecular complexity index is 2330. The summed E-state index contributed by atoms with van der Waals surface area (Å²) in [7, 11) is 0. The number of hydrogen-bond donors (Lipinski definition) is 4. The first-order valence-electron chi connectivity index (χ1n) is 20.8. The van der Waals surface area contributed by atoms with E-state index in [1.807, 2.05) is 0 Å². The zero-order valence-corrected chi connectivity index (χ0v) is 35.3. The van der Waals surface area contributed by atoms with Crippen LogP contribution in [-0.4, -0.2) is 123 Å². The van der Waals surface area contributed by atoms with Crippen molar-refractivity contribution < 1.29 is 72.2 Å². The highest BCUT2D eigenvalue weighted by Gasteiger charge is 2.78. The normalized spacial score (nSPS) is 32.5. The van der Waals surface area contributed by atoms with Crippen LogP contribution < -0.4 is 5.32 Å². The van der Waals surface area contributed by atoms with Crippen molar-refractivity contribution in [3.8, 4) is 0 Å². The third-order valence-corrected chi connectivity index (χ3v) is 13.8. The molecule has 2 bridgehead atoms. The maximum absolute atomic E-state index is 15.6. The van der Waals surface area contributed by atoms with Crippen LogP contribution in [0.3, 0.4) is 0 Å². The average molecular weight is 871 g/mol. The number of benzene rings is 2. The molecule has 2 saturated heterocycles. The van der Waals surface area contributed by atoms with Gasteiger partial charge in [0.1, 0.15) is 35.7 Å². The molecule has 4 N–H and O–H groups in total. The number of hydrogen-bond acceptors (Lipinski definition) is 15. The van der Waals surface area contributed by atoms with Crippen LogP contribution in [-0.2, 0) is 38.1 Å². The molecule has 3 aliphatic carbocycles. The number of furan rings is 1. The second kappa shape index (κ2) is 16.0. The van der Waals surface area contributed by atoms with Gasteiger partial charge in [0.15, 0.2) is 23.6 Å². The summed E-state index contributed by atoms with van der Waals surface area (Å²) in [5.41, 5.74) is -7.53. The van der Waals surface area contributed by atoms with E-state index in [1.54, 1.807) is 50.2 Å². The van der Waals surface area contributed by atoms with Gasteiger partial charge in [0.2, 0.25) is 0 Å². The molecule has 2 aliphatic heterocycles. The minimum atomic E-state index is -2.41. The first kappa shape index (κ1) is 43.8. The molecular weight excluding hydrogens is 821 g/mol. The molecule has 63 heavy (non-hydrogen) atoms. The van der Waals surface area contributed by atoms with Gasteiger partial charge in [0.25, 0.3) is 5.91 Å². The number of aliphatic hydroxyl groups is 3. The first-order valence-corrected chi connectivity index (χ1v) is 20.8. The lowest BCUT2D eigenvalue weighted by Crippen LogP contribution is -2.82. The summed E-state index contributed by atoms with van der Waals surface area (Å²) in [6, 6.07) is 17.4. The zero-order valence-electron chi connectivity index (χ0n) is 35.3. The van der Waals surface area contributed by atoms with Crippen molar-refractivity contribution in [3.63, 3.8) is 0 Å². The fourth-order valence-electron chi connectivity index (χ4n) is 10.1. The molecule has 17 nitrogen and oxygen atoms in total. The van der Waals surface area contributed by atoms with Gasteiger partial charge in [-0.15, -0.1) is 0 Å². The molecule has 8 rings (SSSR count). The van der Waals surface area contributed by atoms with Crippen molar-refractivity contribution in [1.82, 2.24) is 10.2 Å². The molecule has 2 amide bonds. The minimum Gasteiger partial charge on any atom is -0.467 e. The molecule has 3 aromatic rings. The van der Waals surface area contributed by atoms with Crippen molar-refractivity contribution in [1.29, 1.82) is 0 Å². The lowest BCUT2D eigenvalue weighted by molar-refractivity contribution is -0.342. The number of amides is 2. The van der Waals surface area contributed by atoms with E-state index in [4.69, 9.17) is 28.1 Å². The molecule has 0 radical (unpaired) electrons. The number of ketones is 1. The van der Waals surface area contributed by atoms with Crippen molar-refractivity contribution >= 4 is 35.7 Å². The third kappa shape index (κ3) is 7.20. The molecule has 1 aromatic heterocycles. The highest BCUT2D eigenvalue weighted by atomic mass is 16.6. The van der Waals surface area contributed by atoms with Gasteiger partial charge in [-0.25, -0.2) is 14.4 Å².